The van der Waals surface area contributed by atoms with Crippen molar-refractivity contribution in [1.82, 2.24) is 0 Å². The molecule has 4 heteroatoms. The van der Waals surface area contributed by atoms with E-state index in [-0.39, 0.29) is 11.6 Å². The first-order chi connectivity index (χ1) is 10.3. The van der Waals surface area contributed by atoms with E-state index in [1.54, 1.807) is 12.3 Å². The van der Waals surface area contributed by atoms with Gasteiger partial charge in [0.25, 0.3) is 0 Å². The highest BCUT2D eigenvalue weighted by atomic mass is 19.1. The van der Waals surface area contributed by atoms with Gasteiger partial charge in [-0.2, -0.15) is 0 Å². The Bertz CT molecular complexity index is 668. The second kappa shape index (κ2) is 5.95. The second-order valence-corrected chi connectivity index (χ2v) is 4.85. The predicted molar refractivity (Wildman–Crippen MR) is 79.9 cm³/mol. The molecule has 0 bridgehead atoms. The Morgan fingerprint density at radius 2 is 2.05 bits per heavy atom. The highest BCUT2D eigenvalue weighted by Crippen LogP contribution is 2.36. The molecule has 0 fully saturated rings. The first-order valence-corrected chi connectivity index (χ1v) is 6.85. The van der Waals surface area contributed by atoms with Crippen LogP contribution in [0.15, 0.2) is 41.4 Å². The molecule has 3 rings (SSSR count). The van der Waals surface area contributed by atoms with Crippen molar-refractivity contribution in [3.8, 4) is 11.5 Å². The van der Waals surface area contributed by atoms with E-state index < -0.39 is 0 Å². The molecule has 21 heavy (non-hydrogen) atoms. The van der Waals surface area contributed by atoms with Crippen LogP contribution in [0.4, 0.5) is 4.39 Å². The fourth-order valence-corrected chi connectivity index (χ4v) is 2.39. The molecule has 2 aromatic rings. The molecule has 2 aromatic carbocycles. The molecular formula is C17H16FNO2. The molecule has 0 amide bonds. The van der Waals surface area contributed by atoms with E-state index in [1.165, 1.54) is 7.11 Å². The second-order valence-electron chi connectivity index (χ2n) is 4.85. The molecule has 0 spiro atoms. The number of methoxy groups -OCH3 is 1. The lowest BCUT2D eigenvalue weighted by molar-refractivity contribution is 0.268. The number of benzene rings is 2. The van der Waals surface area contributed by atoms with Crippen molar-refractivity contribution in [2.75, 3.05) is 13.7 Å². The molecule has 1 aliphatic heterocycles. The fraction of sp³-hybridized carbons (Fsp3) is 0.235. The Morgan fingerprint density at radius 3 is 2.81 bits per heavy atom. The number of aliphatic imine (C=N–C) groups is 1. The molecule has 0 atom stereocenters. The van der Waals surface area contributed by atoms with Crippen LogP contribution in [0.2, 0.25) is 0 Å². The van der Waals surface area contributed by atoms with Crippen LogP contribution in [-0.2, 0) is 13.0 Å². The zero-order chi connectivity index (χ0) is 14.7. The molecular weight excluding hydrogens is 269 g/mol. The number of nitrogens with zero attached hydrogens (tertiary/aromatic N) is 1. The quantitative estimate of drug-likeness (QED) is 0.862. The van der Waals surface area contributed by atoms with Gasteiger partial charge in [-0.05, 0) is 18.1 Å². The fourth-order valence-electron chi connectivity index (χ4n) is 2.39. The third-order valence-corrected chi connectivity index (χ3v) is 3.49. The lowest BCUT2D eigenvalue weighted by atomic mass is 10.0. The Labute approximate surface area is 123 Å². The van der Waals surface area contributed by atoms with Gasteiger partial charge in [0.15, 0.2) is 17.3 Å². The molecule has 0 N–H and O–H groups in total. The van der Waals surface area contributed by atoms with Gasteiger partial charge in [-0.1, -0.05) is 30.3 Å². The molecule has 0 aliphatic carbocycles. The maximum atomic E-state index is 14.6. The van der Waals surface area contributed by atoms with E-state index in [9.17, 15) is 4.39 Å². The van der Waals surface area contributed by atoms with Crippen molar-refractivity contribution in [2.24, 2.45) is 4.99 Å². The van der Waals surface area contributed by atoms with E-state index in [2.05, 4.69) is 4.99 Å². The first kappa shape index (κ1) is 13.6. The van der Waals surface area contributed by atoms with Gasteiger partial charge in [0.2, 0.25) is 0 Å². The van der Waals surface area contributed by atoms with Gasteiger partial charge in [0, 0.05) is 23.9 Å². The normalized spacial score (nSPS) is 12.9. The number of rotatable bonds is 4. The lowest BCUT2D eigenvalue weighted by Gasteiger charge is -2.18. The smallest absolute Gasteiger partial charge is 0.197 e. The Morgan fingerprint density at radius 1 is 1.24 bits per heavy atom. The minimum Gasteiger partial charge on any atom is -0.493 e. The largest absolute Gasteiger partial charge is 0.493 e. The highest BCUT2D eigenvalue weighted by molar-refractivity contribution is 5.84. The molecule has 0 unspecified atom stereocenters. The zero-order valence-electron chi connectivity index (χ0n) is 11.8. The number of hydrogen-bond donors (Lipinski definition) is 0. The van der Waals surface area contributed by atoms with E-state index in [0.717, 1.165) is 11.1 Å². The third-order valence-electron chi connectivity index (χ3n) is 3.49. The lowest BCUT2D eigenvalue weighted by Crippen LogP contribution is -2.09. The summed E-state index contributed by atoms with van der Waals surface area (Å²) >= 11 is 0. The van der Waals surface area contributed by atoms with Gasteiger partial charge in [-0.15, -0.1) is 0 Å². The van der Waals surface area contributed by atoms with Crippen molar-refractivity contribution >= 4 is 6.21 Å². The van der Waals surface area contributed by atoms with Crippen molar-refractivity contribution < 1.29 is 13.9 Å². The predicted octanol–water partition coefficient (Wildman–Crippen LogP) is 3.39. The summed E-state index contributed by atoms with van der Waals surface area (Å²) in [7, 11) is 1.51. The number of fused-ring (bicyclic) bond motifs is 1. The summed E-state index contributed by atoms with van der Waals surface area (Å²) in [5.41, 5.74) is 2.40. The first-order valence-electron chi connectivity index (χ1n) is 6.85. The van der Waals surface area contributed by atoms with Crippen LogP contribution in [0.25, 0.3) is 0 Å². The molecule has 0 saturated carbocycles. The topological polar surface area (TPSA) is 30.8 Å². The molecule has 1 heterocycles. The molecule has 3 nitrogen and oxygen atoms in total. The number of hydrogen-bond acceptors (Lipinski definition) is 3. The highest BCUT2D eigenvalue weighted by Gasteiger charge is 2.21. The van der Waals surface area contributed by atoms with Crippen molar-refractivity contribution in [2.45, 2.75) is 13.0 Å². The minimum absolute atomic E-state index is 0.176. The Kier molecular flexibility index (Phi) is 3.86. The standard InChI is InChI=1S/C17H16FNO2/c1-20-15-9-13-10-19-8-7-14(13)16(18)17(15)21-11-12-5-3-2-4-6-12/h2-6,9-10H,7-8,11H2,1H3. The molecule has 108 valence electrons. The average Bonchev–Trinajstić information content (AvgIpc) is 2.55. The van der Waals surface area contributed by atoms with Gasteiger partial charge in [-0.25, -0.2) is 4.39 Å². The van der Waals surface area contributed by atoms with Crippen molar-refractivity contribution in [1.29, 1.82) is 0 Å². The maximum absolute atomic E-state index is 14.6. The summed E-state index contributed by atoms with van der Waals surface area (Å²) in [6.07, 6.45) is 2.27. The van der Waals surface area contributed by atoms with Gasteiger partial charge < -0.3 is 9.47 Å². The van der Waals surface area contributed by atoms with Gasteiger partial charge in [-0.3, -0.25) is 4.99 Å². The van der Waals surface area contributed by atoms with Crippen LogP contribution >= 0.6 is 0 Å². The van der Waals surface area contributed by atoms with Crippen LogP contribution in [0.3, 0.4) is 0 Å². The van der Waals surface area contributed by atoms with Crippen LogP contribution in [0.5, 0.6) is 11.5 Å². The summed E-state index contributed by atoms with van der Waals surface area (Å²) < 4.78 is 25.6. The van der Waals surface area contributed by atoms with Crippen LogP contribution in [0.1, 0.15) is 16.7 Å². The van der Waals surface area contributed by atoms with E-state index in [4.69, 9.17) is 9.47 Å². The SMILES string of the molecule is COc1cc2c(c(F)c1OCc1ccccc1)CCN=C2. The van der Waals surface area contributed by atoms with E-state index in [1.807, 2.05) is 30.3 Å². The van der Waals surface area contributed by atoms with Crippen LogP contribution in [-0.4, -0.2) is 19.9 Å². The van der Waals surface area contributed by atoms with E-state index in [0.29, 0.717) is 30.9 Å². The monoisotopic (exact) mass is 285 g/mol. The number of ether oxygens (including phenoxy) is 2. The van der Waals surface area contributed by atoms with Crippen LogP contribution in [0, 0.1) is 5.82 Å². The summed E-state index contributed by atoms with van der Waals surface area (Å²) in [4.78, 5) is 4.17. The molecule has 0 saturated heterocycles. The van der Waals surface area contributed by atoms with Crippen LogP contribution < -0.4 is 9.47 Å². The molecule has 0 radical (unpaired) electrons. The summed E-state index contributed by atoms with van der Waals surface area (Å²) in [5.74, 6) is 0.234. The van der Waals surface area contributed by atoms with Gasteiger partial charge >= 0.3 is 0 Å². The average molecular weight is 285 g/mol. The zero-order valence-corrected chi connectivity index (χ0v) is 11.8. The van der Waals surface area contributed by atoms with Crippen molar-refractivity contribution in [3.63, 3.8) is 0 Å². The molecule has 0 aromatic heterocycles. The van der Waals surface area contributed by atoms with Crippen molar-refractivity contribution in [3.05, 3.63) is 58.9 Å². The molecule has 1 aliphatic rings. The Hall–Kier alpha value is -2.36. The van der Waals surface area contributed by atoms with Gasteiger partial charge in [0.05, 0.1) is 7.11 Å². The maximum Gasteiger partial charge on any atom is 0.197 e. The van der Waals surface area contributed by atoms with E-state index >= 15 is 0 Å². The van der Waals surface area contributed by atoms with Gasteiger partial charge in [0.1, 0.15) is 6.61 Å². The number of halogens is 1. The summed E-state index contributed by atoms with van der Waals surface area (Å²) in [5, 5.41) is 0. The summed E-state index contributed by atoms with van der Waals surface area (Å²) in [6.45, 7) is 0.912. The minimum atomic E-state index is -0.341. The summed E-state index contributed by atoms with van der Waals surface area (Å²) in [6, 6.07) is 11.4. The third kappa shape index (κ3) is 2.75. The Balaban J connectivity index is 1.92.